The number of amides is 1. The van der Waals surface area contributed by atoms with E-state index in [9.17, 15) is 14.7 Å². The number of aromatic carboxylic acids is 1. The second-order valence-corrected chi connectivity index (χ2v) is 14.2. The summed E-state index contributed by atoms with van der Waals surface area (Å²) in [6.45, 7) is 11.0. The van der Waals surface area contributed by atoms with Gasteiger partial charge in [0.05, 0.1) is 28.4 Å². The molecule has 0 aliphatic carbocycles. The van der Waals surface area contributed by atoms with Crippen LogP contribution in [0.25, 0.3) is 32.9 Å². The Kier molecular flexibility index (Phi) is 8.47. The highest BCUT2D eigenvalue weighted by atomic mass is 35.5. The van der Waals surface area contributed by atoms with Gasteiger partial charge in [0, 0.05) is 65.0 Å². The maximum Gasteiger partial charge on any atom is 0.352 e. The number of anilines is 1. The summed E-state index contributed by atoms with van der Waals surface area (Å²) < 4.78 is 11.9. The van der Waals surface area contributed by atoms with Crippen LogP contribution >= 0.6 is 23.2 Å². The lowest BCUT2D eigenvalue weighted by molar-refractivity contribution is 0.0686. The molecule has 1 N–H and O–H groups in total. The van der Waals surface area contributed by atoms with Crippen molar-refractivity contribution in [3.63, 3.8) is 0 Å². The summed E-state index contributed by atoms with van der Waals surface area (Å²) >= 11 is 13.4. The zero-order valence-corrected chi connectivity index (χ0v) is 30.7. The van der Waals surface area contributed by atoms with E-state index in [2.05, 4.69) is 11.5 Å². The second kappa shape index (κ2) is 12.5. The standard InChI is InChI=1S/C39H39Cl2N5O4/c1-20-15-27(16-21(2)35(20)41)50-14-8-9-28-29-12-13-30(40)34(33-23(4)42-44(7)24(33)5)36(29)46-22(3)19-45(38(47)37(28)46)26-11-10-25-17-32(39(48)49)43(6)31(25)18-26/h10-13,15-18,22H,8-9,14,19H2,1-7H3,(H,48,49). The third kappa shape index (κ3) is 5.34. The van der Waals surface area contributed by atoms with Crippen LogP contribution in [-0.2, 0) is 20.5 Å². The number of fused-ring (bicyclic) bond motifs is 4. The fraction of sp³-hybridized carbons (Fsp3) is 0.308. The molecule has 0 fully saturated rings. The van der Waals surface area contributed by atoms with E-state index in [0.29, 0.717) is 42.4 Å². The number of nitrogens with zero attached hydrogens (tertiary/aromatic N) is 5. The van der Waals surface area contributed by atoms with Crippen molar-refractivity contribution >= 4 is 62.6 Å². The maximum absolute atomic E-state index is 14.8. The van der Waals surface area contributed by atoms with Gasteiger partial charge in [0.15, 0.2) is 0 Å². The molecule has 1 aliphatic heterocycles. The van der Waals surface area contributed by atoms with Gasteiger partial charge in [0.2, 0.25) is 0 Å². The molecule has 11 heteroatoms. The van der Waals surface area contributed by atoms with Crippen LogP contribution in [0.5, 0.6) is 5.75 Å². The Labute approximate surface area is 300 Å². The van der Waals surface area contributed by atoms with Crippen molar-refractivity contribution in [1.29, 1.82) is 0 Å². The van der Waals surface area contributed by atoms with Crippen LogP contribution in [0, 0.1) is 27.7 Å². The van der Waals surface area contributed by atoms with Gasteiger partial charge in [-0.1, -0.05) is 35.3 Å². The van der Waals surface area contributed by atoms with Gasteiger partial charge in [-0.15, -0.1) is 0 Å². The Bertz CT molecular complexity index is 2360. The van der Waals surface area contributed by atoms with Crippen LogP contribution in [0.3, 0.4) is 0 Å². The molecule has 4 heterocycles. The van der Waals surface area contributed by atoms with E-state index in [1.54, 1.807) is 17.7 Å². The maximum atomic E-state index is 14.8. The number of halogens is 2. The molecule has 0 saturated carbocycles. The van der Waals surface area contributed by atoms with Crippen molar-refractivity contribution in [2.75, 3.05) is 18.1 Å². The molecule has 1 atom stereocenters. The zero-order chi connectivity index (χ0) is 35.8. The number of ether oxygens (including phenoxy) is 1. The number of aromatic nitrogens is 4. The average molecular weight is 713 g/mol. The normalized spacial score (nSPS) is 14.6. The highest BCUT2D eigenvalue weighted by Gasteiger charge is 2.37. The molecule has 0 saturated heterocycles. The second-order valence-electron chi connectivity index (χ2n) is 13.4. The van der Waals surface area contributed by atoms with Gasteiger partial charge in [0.1, 0.15) is 17.1 Å². The fourth-order valence-electron chi connectivity index (χ4n) is 7.64. The lowest BCUT2D eigenvalue weighted by Crippen LogP contribution is -2.42. The van der Waals surface area contributed by atoms with Crippen LogP contribution in [0.4, 0.5) is 5.69 Å². The summed E-state index contributed by atoms with van der Waals surface area (Å²) in [6, 6.07) is 15.1. The molecule has 3 aromatic heterocycles. The highest BCUT2D eigenvalue weighted by Crippen LogP contribution is 2.45. The fourth-order valence-corrected chi connectivity index (χ4v) is 8.00. The van der Waals surface area contributed by atoms with Crippen molar-refractivity contribution in [2.45, 2.75) is 53.5 Å². The van der Waals surface area contributed by atoms with Gasteiger partial charge in [-0.25, -0.2) is 4.79 Å². The summed E-state index contributed by atoms with van der Waals surface area (Å²) in [5, 5.41) is 17.5. The van der Waals surface area contributed by atoms with Crippen LogP contribution in [-0.4, -0.2) is 49.0 Å². The number of aryl methyl sites for hydroxylation is 6. The van der Waals surface area contributed by atoms with Crippen LogP contribution in [0.15, 0.2) is 48.5 Å². The van der Waals surface area contributed by atoms with Crippen LogP contribution in [0.1, 0.15) is 68.4 Å². The van der Waals surface area contributed by atoms with Gasteiger partial charge in [-0.05, 0) is 101 Å². The molecule has 6 aromatic rings. The molecule has 1 amide bonds. The molecule has 7 rings (SSSR count). The lowest BCUT2D eigenvalue weighted by atomic mass is 9.98. The third-order valence-corrected chi connectivity index (χ3v) is 11.0. The molecule has 1 aliphatic rings. The molecule has 258 valence electrons. The average Bonchev–Trinajstić information content (AvgIpc) is 3.67. The molecule has 1 unspecified atom stereocenters. The quantitative estimate of drug-likeness (QED) is 0.159. The third-order valence-electron chi connectivity index (χ3n) is 10.1. The topological polar surface area (TPSA) is 94.5 Å². The van der Waals surface area contributed by atoms with Crippen LogP contribution in [0.2, 0.25) is 10.0 Å². The number of rotatable bonds is 8. The Morgan fingerprint density at radius 2 is 1.72 bits per heavy atom. The highest BCUT2D eigenvalue weighted by molar-refractivity contribution is 6.35. The number of carbonyl (C=O) groups is 2. The molecular formula is C39H39Cl2N5O4. The van der Waals surface area contributed by atoms with Gasteiger partial charge >= 0.3 is 5.97 Å². The Balaban J connectivity index is 1.35. The first-order valence-electron chi connectivity index (χ1n) is 16.7. The van der Waals surface area contributed by atoms with Gasteiger partial charge in [-0.2, -0.15) is 5.10 Å². The lowest BCUT2D eigenvalue weighted by Gasteiger charge is -2.34. The first-order valence-corrected chi connectivity index (χ1v) is 17.4. The minimum Gasteiger partial charge on any atom is -0.494 e. The van der Waals surface area contributed by atoms with E-state index in [-0.39, 0.29) is 17.6 Å². The monoisotopic (exact) mass is 711 g/mol. The Morgan fingerprint density at radius 3 is 2.38 bits per heavy atom. The van der Waals surface area contributed by atoms with E-state index in [1.807, 2.05) is 86.8 Å². The van der Waals surface area contributed by atoms with Gasteiger partial charge in [0.25, 0.3) is 5.91 Å². The van der Waals surface area contributed by atoms with Crippen molar-refractivity contribution in [3.05, 3.63) is 98.0 Å². The van der Waals surface area contributed by atoms with Crippen molar-refractivity contribution in [2.24, 2.45) is 14.1 Å². The van der Waals surface area contributed by atoms with E-state index >= 15 is 0 Å². The van der Waals surface area contributed by atoms with E-state index < -0.39 is 5.97 Å². The zero-order valence-electron chi connectivity index (χ0n) is 29.2. The van der Waals surface area contributed by atoms with Crippen LogP contribution < -0.4 is 9.64 Å². The van der Waals surface area contributed by atoms with E-state index in [0.717, 1.165) is 71.8 Å². The predicted molar refractivity (Wildman–Crippen MR) is 200 cm³/mol. The van der Waals surface area contributed by atoms with E-state index in [4.69, 9.17) is 33.0 Å². The number of hydrogen-bond acceptors (Lipinski definition) is 4. The molecule has 50 heavy (non-hydrogen) atoms. The number of carboxylic acids is 1. The number of carboxylic acid groups (broad SMARTS) is 1. The number of benzene rings is 3. The minimum atomic E-state index is -0.999. The molecule has 9 nitrogen and oxygen atoms in total. The predicted octanol–water partition coefficient (Wildman–Crippen LogP) is 9.01. The molecule has 0 spiro atoms. The van der Waals surface area contributed by atoms with Crippen molar-refractivity contribution in [3.8, 4) is 16.9 Å². The summed E-state index contributed by atoms with van der Waals surface area (Å²) in [7, 11) is 3.66. The molecular weight excluding hydrogens is 673 g/mol. The van der Waals surface area contributed by atoms with Gasteiger partial charge in [-0.3, -0.25) is 9.48 Å². The molecule has 0 bridgehead atoms. The smallest absolute Gasteiger partial charge is 0.352 e. The largest absolute Gasteiger partial charge is 0.494 e. The summed E-state index contributed by atoms with van der Waals surface area (Å²) in [5.74, 6) is -0.350. The minimum absolute atomic E-state index is 0.108. The first-order chi connectivity index (χ1) is 23.8. The SMILES string of the molecule is Cc1cc(OCCCc2c3n(c4c(-c5c(C)nn(C)c5C)c(Cl)ccc24)C(C)CN(c2ccc4cc(C(=O)O)n(C)c4c2)C3=O)cc(C)c1Cl. The first kappa shape index (κ1) is 33.8. The Hall–Kier alpha value is -4.73. The van der Waals surface area contributed by atoms with Crippen molar-refractivity contribution in [1.82, 2.24) is 18.9 Å². The number of hydrogen-bond donors (Lipinski definition) is 1. The van der Waals surface area contributed by atoms with Gasteiger partial charge < -0.3 is 23.9 Å². The summed E-state index contributed by atoms with van der Waals surface area (Å²) in [6.07, 6.45) is 1.27. The summed E-state index contributed by atoms with van der Waals surface area (Å²) in [4.78, 5) is 28.5. The molecule has 0 radical (unpaired) electrons. The van der Waals surface area contributed by atoms with Crippen molar-refractivity contribution < 1.29 is 19.4 Å². The summed E-state index contributed by atoms with van der Waals surface area (Å²) in [5.41, 5.74) is 9.77. The van der Waals surface area contributed by atoms with E-state index in [1.165, 1.54) is 0 Å². The molecule has 3 aromatic carbocycles. The Morgan fingerprint density at radius 1 is 1.00 bits per heavy atom. The number of carbonyl (C=O) groups excluding carboxylic acids is 1.